The van der Waals surface area contributed by atoms with Crippen molar-refractivity contribution in [2.75, 3.05) is 17.3 Å². The molecule has 0 aliphatic heterocycles. The van der Waals surface area contributed by atoms with E-state index in [4.69, 9.17) is 16.3 Å². The predicted molar refractivity (Wildman–Crippen MR) is 110 cm³/mol. The molecular weight excluding hydrogens is 384 g/mol. The minimum atomic E-state index is -0.546. The van der Waals surface area contributed by atoms with Crippen LogP contribution in [-0.2, 0) is 9.53 Å². The van der Waals surface area contributed by atoms with Crippen LogP contribution in [-0.4, -0.2) is 23.3 Å². The smallest absolute Gasteiger partial charge is 0.361 e. The zero-order valence-corrected chi connectivity index (χ0v) is 16.1. The van der Waals surface area contributed by atoms with Gasteiger partial charge in [-0.2, -0.15) is 5.10 Å². The van der Waals surface area contributed by atoms with Crippen molar-refractivity contribution < 1.29 is 9.53 Å². The first-order valence-corrected chi connectivity index (χ1v) is 9.46. The van der Waals surface area contributed by atoms with Crippen molar-refractivity contribution >= 4 is 51.1 Å². The normalized spacial score (nSPS) is 11.1. The molecule has 0 saturated carbocycles. The Kier molecular flexibility index (Phi) is 6.40. The first-order valence-electron chi connectivity index (χ1n) is 8.20. The van der Waals surface area contributed by atoms with Crippen LogP contribution in [0.25, 0.3) is 0 Å². The van der Waals surface area contributed by atoms with E-state index in [1.54, 1.807) is 36.6 Å². The molecule has 0 radical (unpaired) electrons. The van der Waals surface area contributed by atoms with E-state index in [9.17, 15) is 4.79 Å². The van der Waals surface area contributed by atoms with Gasteiger partial charge in [-0.3, -0.25) is 5.43 Å². The Labute approximate surface area is 165 Å². The number of thiazole rings is 1. The van der Waals surface area contributed by atoms with E-state index in [2.05, 4.69) is 20.8 Å². The molecule has 0 aliphatic rings. The van der Waals surface area contributed by atoms with Gasteiger partial charge < -0.3 is 10.1 Å². The monoisotopic (exact) mass is 400 g/mol. The van der Waals surface area contributed by atoms with Gasteiger partial charge in [0.1, 0.15) is 5.69 Å². The zero-order valence-electron chi connectivity index (χ0n) is 14.5. The summed E-state index contributed by atoms with van der Waals surface area (Å²) in [6, 6.07) is 16.6. The lowest BCUT2D eigenvalue weighted by Crippen LogP contribution is -2.20. The van der Waals surface area contributed by atoms with Gasteiger partial charge in [-0.15, -0.1) is 11.3 Å². The molecule has 0 bridgehead atoms. The summed E-state index contributed by atoms with van der Waals surface area (Å²) >= 11 is 7.25. The van der Waals surface area contributed by atoms with Crippen LogP contribution in [0.3, 0.4) is 0 Å². The van der Waals surface area contributed by atoms with Gasteiger partial charge in [-0.1, -0.05) is 29.8 Å². The number of nitrogens with one attached hydrogen (secondary N) is 2. The van der Waals surface area contributed by atoms with E-state index in [-0.39, 0.29) is 12.3 Å². The molecular formula is C19H17ClN4O2S. The van der Waals surface area contributed by atoms with Gasteiger partial charge in [0.15, 0.2) is 10.8 Å². The average molecular weight is 401 g/mol. The van der Waals surface area contributed by atoms with Crippen molar-refractivity contribution in [1.29, 1.82) is 0 Å². The van der Waals surface area contributed by atoms with Crippen molar-refractivity contribution in [3.8, 4) is 0 Å². The van der Waals surface area contributed by atoms with Crippen LogP contribution in [0, 0.1) is 0 Å². The van der Waals surface area contributed by atoms with Crippen LogP contribution < -0.4 is 10.7 Å². The number of esters is 1. The minimum absolute atomic E-state index is 0.101. The van der Waals surface area contributed by atoms with Crippen molar-refractivity contribution in [2.45, 2.75) is 6.92 Å². The molecule has 0 atom stereocenters. The standard InChI is InChI=1S/C19H17ClN4O2S/c1-2-26-18(25)17(24-23-15-10-8-13(20)9-11-15)16-12-27-19(22-16)21-14-6-4-3-5-7-14/h3-12,23H,2H2,1H3,(H,21,22)/b24-17+. The Morgan fingerprint density at radius 3 is 2.59 bits per heavy atom. The predicted octanol–water partition coefficient (Wildman–Crippen LogP) is 4.92. The molecule has 0 spiro atoms. The zero-order chi connectivity index (χ0) is 19.1. The van der Waals surface area contributed by atoms with Crippen molar-refractivity contribution in [2.24, 2.45) is 5.10 Å². The number of aromatic nitrogens is 1. The fourth-order valence-corrected chi connectivity index (χ4v) is 2.98. The second-order valence-corrected chi connectivity index (χ2v) is 6.62. The Morgan fingerprint density at radius 1 is 1.15 bits per heavy atom. The Hall–Kier alpha value is -2.90. The molecule has 138 valence electrons. The maximum absolute atomic E-state index is 12.3. The third-order valence-electron chi connectivity index (χ3n) is 3.38. The van der Waals surface area contributed by atoms with Gasteiger partial charge in [-0.05, 0) is 43.3 Å². The summed E-state index contributed by atoms with van der Waals surface area (Å²) < 4.78 is 5.11. The number of ether oxygens (including phenoxy) is 1. The number of carbonyl (C=O) groups excluding carboxylic acids is 1. The quantitative estimate of drug-likeness (QED) is 0.334. The highest BCUT2D eigenvalue weighted by atomic mass is 35.5. The highest BCUT2D eigenvalue weighted by Crippen LogP contribution is 2.21. The SMILES string of the molecule is CCOC(=O)/C(=N/Nc1ccc(Cl)cc1)c1csc(Nc2ccccc2)n1. The summed E-state index contributed by atoms with van der Waals surface area (Å²) in [5.74, 6) is -0.546. The topological polar surface area (TPSA) is 75.6 Å². The van der Waals surface area contributed by atoms with Crippen LogP contribution >= 0.6 is 22.9 Å². The van der Waals surface area contributed by atoms with Gasteiger partial charge in [0, 0.05) is 16.1 Å². The number of anilines is 3. The number of halogens is 1. The molecule has 6 nitrogen and oxygen atoms in total. The van der Waals surface area contributed by atoms with Gasteiger partial charge in [-0.25, -0.2) is 9.78 Å². The Morgan fingerprint density at radius 2 is 1.89 bits per heavy atom. The summed E-state index contributed by atoms with van der Waals surface area (Å²) in [7, 11) is 0. The number of para-hydroxylation sites is 1. The molecule has 1 aromatic heterocycles. The summed E-state index contributed by atoms with van der Waals surface area (Å²) in [5, 5.41) is 10.4. The van der Waals surface area contributed by atoms with Gasteiger partial charge in [0.2, 0.25) is 0 Å². The second-order valence-electron chi connectivity index (χ2n) is 5.33. The molecule has 2 aromatic carbocycles. The molecule has 3 aromatic rings. The van der Waals surface area contributed by atoms with E-state index in [0.717, 1.165) is 5.69 Å². The van der Waals surface area contributed by atoms with Gasteiger partial charge in [0.25, 0.3) is 0 Å². The van der Waals surface area contributed by atoms with Gasteiger partial charge in [0.05, 0.1) is 12.3 Å². The number of hydrogen-bond acceptors (Lipinski definition) is 7. The summed E-state index contributed by atoms with van der Waals surface area (Å²) in [6.07, 6.45) is 0. The Bertz CT molecular complexity index is 926. The Balaban J connectivity index is 1.81. The van der Waals surface area contributed by atoms with E-state index >= 15 is 0 Å². The van der Waals surface area contributed by atoms with E-state index < -0.39 is 5.97 Å². The molecule has 0 saturated heterocycles. The maximum Gasteiger partial charge on any atom is 0.361 e. The number of hydrazone groups is 1. The van der Waals surface area contributed by atoms with Crippen LogP contribution in [0.4, 0.5) is 16.5 Å². The van der Waals surface area contributed by atoms with Gasteiger partial charge >= 0.3 is 5.97 Å². The summed E-state index contributed by atoms with van der Waals surface area (Å²) in [6.45, 7) is 1.99. The summed E-state index contributed by atoms with van der Waals surface area (Å²) in [4.78, 5) is 16.8. The average Bonchev–Trinajstić information content (AvgIpc) is 3.12. The molecule has 0 aliphatic carbocycles. The van der Waals surface area contributed by atoms with Crippen LogP contribution in [0.1, 0.15) is 12.6 Å². The molecule has 1 heterocycles. The fourth-order valence-electron chi connectivity index (χ4n) is 2.14. The molecule has 0 unspecified atom stereocenters. The first kappa shape index (κ1) is 18.9. The largest absolute Gasteiger partial charge is 0.461 e. The third-order valence-corrected chi connectivity index (χ3v) is 4.39. The van der Waals surface area contributed by atoms with Crippen LogP contribution in [0.2, 0.25) is 5.02 Å². The number of carbonyl (C=O) groups is 1. The molecule has 2 N–H and O–H groups in total. The first-order chi connectivity index (χ1) is 13.2. The van der Waals surface area contributed by atoms with E-state index in [0.29, 0.717) is 21.5 Å². The van der Waals surface area contributed by atoms with Crippen LogP contribution in [0.5, 0.6) is 0 Å². The second kappa shape index (κ2) is 9.16. The third kappa shape index (κ3) is 5.29. The summed E-state index contributed by atoms with van der Waals surface area (Å²) in [5.41, 5.74) is 4.97. The lowest BCUT2D eigenvalue weighted by Gasteiger charge is -2.06. The van der Waals surface area contributed by atoms with E-state index in [1.807, 2.05) is 30.3 Å². The van der Waals surface area contributed by atoms with Crippen molar-refractivity contribution in [1.82, 2.24) is 4.98 Å². The number of rotatable bonds is 7. The maximum atomic E-state index is 12.3. The number of hydrogen-bond donors (Lipinski definition) is 2. The number of nitrogens with zero attached hydrogens (tertiary/aromatic N) is 2. The van der Waals surface area contributed by atoms with E-state index in [1.165, 1.54) is 11.3 Å². The lowest BCUT2D eigenvalue weighted by atomic mass is 10.3. The molecule has 3 rings (SSSR count). The van der Waals surface area contributed by atoms with Crippen molar-refractivity contribution in [3.63, 3.8) is 0 Å². The minimum Gasteiger partial charge on any atom is -0.461 e. The highest BCUT2D eigenvalue weighted by Gasteiger charge is 2.19. The molecule has 0 amide bonds. The molecule has 8 heteroatoms. The molecule has 27 heavy (non-hydrogen) atoms. The molecule has 0 fully saturated rings. The number of benzene rings is 2. The fraction of sp³-hybridized carbons (Fsp3) is 0.105. The van der Waals surface area contributed by atoms with Crippen LogP contribution in [0.15, 0.2) is 65.1 Å². The highest BCUT2D eigenvalue weighted by molar-refractivity contribution is 7.14. The lowest BCUT2D eigenvalue weighted by molar-refractivity contribution is -0.134. The van der Waals surface area contributed by atoms with Crippen molar-refractivity contribution in [3.05, 3.63) is 70.7 Å².